The molecule has 1 heterocycles. The van der Waals surface area contributed by atoms with Crippen molar-refractivity contribution < 1.29 is 27.4 Å². The zero-order valence-corrected chi connectivity index (χ0v) is 19.0. The fourth-order valence-corrected chi connectivity index (χ4v) is 3.26. The minimum Gasteiger partial charge on any atom is -0.494 e. The highest BCUT2D eigenvalue weighted by molar-refractivity contribution is 6.03. The van der Waals surface area contributed by atoms with Crippen LogP contribution < -0.4 is 20.3 Å². The molecular weight excluding hydrogens is 475 g/mol. The van der Waals surface area contributed by atoms with Crippen LogP contribution >= 0.6 is 0 Å². The fraction of sp³-hybridized carbons (Fsp3) is 0.115. The van der Waals surface area contributed by atoms with E-state index in [1.54, 1.807) is 54.6 Å². The Hall–Kier alpha value is -4.60. The molecule has 184 valence electrons. The Kier molecular flexibility index (Phi) is 7.05. The molecule has 0 unspecified atom stereocenters. The molecule has 0 radical (unpaired) electrons. The number of ether oxygens (including phenoxy) is 2. The fourth-order valence-electron chi connectivity index (χ4n) is 3.26. The summed E-state index contributed by atoms with van der Waals surface area (Å²) in [5.41, 5.74) is -1.42. The van der Waals surface area contributed by atoms with Gasteiger partial charge in [0.25, 0.3) is 11.5 Å². The molecule has 0 saturated carbocycles. The molecule has 0 atom stereocenters. The summed E-state index contributed by atoms with van der Waals surface area (Å²) in [6, 6.07) is 20.0. The predicted molar refractivity (Wildman–Crippen MR) is 127 cm³/mol. The average Bonchev–Trinajstić information content (AvgIpc) is 2.86. The lowest BCUT2D eigenvalue weighted by atomic mass is 10.1. The summed E-state index contributed by atoms with van der Waals surface area (Å²) in [5.74, 6) is 0.0855. The Morgan fingerprint density at radius 2 is 1.64 bits per heavy atom. The van der Waals surface area contributed by atoms with E-state index in [1.807, 2.05) is 6.92 Å². The minimum absolute atomic E-state index is 0.0168. The number of para-hydroxylation sites is 1. The third-order valence-electron chi connectivity index (χ3n) is 4.95. The highest BCUT2D eigenvalue weighted by atomic mass is 19.4. The molecule has 4 rings (SSSR count). The van der Waals surface area contributed by atoms with Crippen molar-refractivity contribution in [2.24, 2.45) is 0 Å². The second kappa shape index (κ2) is 10.3. The Labute approximate surface area is 203 Å². The van der Waals surface area contributed by atoms with Crippen molar-refractivity contribution in [2.75, 3.05) is 11.9 Å². The van der Waals surface area contributed by atoms with E-state index in [9.17, 15) is 22.8 Å². The number of amides is 1. The molecule has 1 N–H and O–H groups in total. The van der Waals surface area contributed by atoms with Gasteiger partial charge in [0.15, 0.2) is 5.75 Å². The van der Waals surface area contributed by atoms with Gasteiger partial charge < -0.3 is 14.8 Å². The van der Waals surface area contributed by atoms with Crippen LogP contribution in [0.25, 0.3) is 5.69 Å². The van der Waals surface area contributed by atoms with Crippen LogP contribution in [0.3, 0.4) is 0 Å². The topological polar surface area (TPSA) is 82.5 Å². The first-order valence-corrected chi connectivity index (χ1v) is 10.8. The van der Waals surface area contributed by atoms with Gasteiger partial charge in [0.1, 0.15) is 17.2 Å². The lowest BCUT2D eigenvalue weighted by Crippen LogP contribution is -2.25. The number of anilines is 1. The second-order valence-electron chi connectivity index (χ2n) is 7.47. The number of carbonyl (C=O) groups excluding carboxylic acids is 1. The molecule has 0 fully saturated rings. The van der Waals surface area contributed by atoms with Gasteiger partial charge in [0.05, 0.1) is 23.5 Å². The number of alkyl halides is 3. The molecule has 0 aliphatic heterocycles. The summed E-state index contributed by atoms with van der Waals surface area (Å²) in [7, 11) is 0. The zero-order chi connectivity index (χ0) is 25.7. The lowest BCUT2D eigenvalue weighted by molar-refractivity contribution is -0.137. The monoisotopic (exact) mass is 495 g/mol. The summed E-state index contributed by atoms with van der Waals surface area (Å²) in [4.78, 5) is 25.2. The molecule has 1 aromatic heterocycles. The third kappa shape index (κ3) is 5.72. The highest BCUT2D eigenvalue weighted by Gasteiger charge is 2.31. The van der Waals surface area contributed by atoms with Crippen molar-refractivity contribution in [3.05, 3.63) is 107 Å². The van der Waals surface area contributed by atoms with E-state index in [4.69, 9.17) is 9.47 Å². The maximum Gasteiger partial charge on any atom is 0.416 e. The third-order valence-corrected chi connectivity index (χ3v) is 4.95. The number of hydrogen-bond donors (Lipinski definition) is 1. The maximum atomic E-state index is 13.4. The quantitative estimate of drug-likeness (QED) is 0.356. The van der Waals surface area contributed by atoms with E-state index >= 15 is 0 Å². The van der Waals surface area contributed by atoms with Crippen LogP contribution in [0.1, 0.15) is 23.0 Å². The normalized spacial score (nSPS) is 11.1. The van der Waals surface area contributed by atoms with Gasteiger partial charge >= 0.3 is 6.18 Å². The summed E-state index contributed by atoms with van der Waals surface area (Å²) in [5, 5.41) is 6.49. The van der Waals surface area contributed by atoms with Gasteiger partial charge in [0.2, 0.25) is 0 Å². The SMILES string of the molecule is CCOc1ccc(Oc2ccc(C(F)(F)F)cc2NC(=O)c2ccc(=O)n(-c3ccccc3)n2)cc1. The number of nitrogens with one attached hydrogen (secondary N) is 1. The molecular formula is C26H20F3N3O4. The van der Waals surface area contributed by atoms with Crippen LogP contribution in [0.5, 0.6) is 17.2 Å². The van der Waals surface area contributed by atoms with Gasteiger partial charge in [0, 0.05) is 6.07 Å². The van der Waals surface area contributed by atoms with Crippen LogP contribution in [-0.4, -0.2) is 22.3 Å². The molecule has 7 nitrogen and oxygen atoms in total. The first-order chi connectivity index (χ1) is 17.2. The van der Waals surface area contributed by atoms with Crippen LogP contribution in [0.2, 0.25) is 0 Å². The van der Waals surface area contributed by atoms with Crippen molar-refractivity contribution in [3.8, 4) is 22.9 Å². The van der Waals surface area contributed by atoms with Crippen molar-refractivity contribution in [1.82, 2.24) is 9.78 Å². The Morgan fingerprint density at radius 3 is 2.31 bits per heavy atom. The summed E-state index contributed by atoms with van der Waals surface area (Å²) in [6.45, 7) is 2.31. The maximum absolute atomic E-state index is 13.4. The van der Waals surface area contributed by atoms with Crippen LogP contribution in [0, 0.1) is 0 Å². The van der Waals surface area contributed by atoms with Crippen molar-refractivity contribution in [1.29, 1.82) is 0 Å². The second-order valence-corrected chi connectivity index (χ2v) is 7.47. The Bertz CT molecular complexity index is 1420. The highest BCUT2D eigenvalue weighted by Crippen LogP contribution is 2.37. The van der Waals surface area contributed by atoms with Crippen molar-refractivity contribution in [3.63, 3.8) is 0 Å². The molecule has 0 bridgehead atoms. The molecule has 0 aliphatic rings. The molecule has 4 aromatic rings. The molecule has 1 amide bonds. The van der Waals surface area contributed by atoms with Gasteiger partial charge in [-0.2, -0.15) is 23.0 Å². The number of aromatic nitrogens is 2. The largest absolute Gasteiger partial charge is 0.494 e. The number of hydrogen-bond acceptors (Lipinski definition) is 5. The van der Waals surface area contributed by atoms with E-state index in [1.165, 1.54) is 6.07 Å². The summed E-state index contributed by atoms with van der Waals surface area (Å²) >= 11 is 0. The minimum atomic E-state index is -4.64. The number of halogens is 3. The Balaban J connectivity index is 1.65. The van der Waals surface area contributed by atoms with Gasteiger partial charge in [-0.25, -0.2) is 0 Å². The van der Waals surface area contributed by atoms with Crippen LogP contribution in [0.15, 0.2) is 89.7 Å². The number of nitrogens with zero attached hydrogens (tertiary/aromatic N) is 2. The van der Waals surface area contributed by atoms with Crippen LogP contribution in [0.4, 0.5) is 18.9 Å². The van der Waals surface area contributed by atoms with Gasteiger partial charge in [-0.15, -0.1) is 0 Å². The first kappa shape index (κ1) is 24.5. The van der Waals surface area contributed by atoms with Gasteiger partial charge in [-0.1, -0.05) is 18.2 Å². The average molecular weight is 495 g/mol. The predicted octanol–water partition coefficient (Wildman–Crippen LogP) is 5.69. The summed E-state index contributed by atoms with van der Waals surface area (Å²) in [6.07, 6.45) is -4.64. The smallest absolute Gasteiger partial charge is 0.416 e. The number of rotatable bonds is 7. The molecule has 10 heteroatoms. The zero-order valence-electron chi connectivity index (χ0n) is 19.0. The van der Waals surface area contributed by atoms with Gasteiger partial charge in [-0.05, 0) is 67.6 Å². The van der Waals surface area contributed by atoms with Crippen molar-refractivity contribution in [2.45, 2.75) is 13.1 Å². The number of benzene rings is 3. The first-order valence-electron chi connectivity index (χ1n) is 10.8. The Morgan fingerprint density at radius 1 is 0.944 bits per heavy atom. The van der Waals surface area contributed by atoms with Gasteiger partial charge in [-0.3, -0.25) is 9.59 Å². The number of carbonyl (C=O) groups is 1. The van der Waals surface area contributed by atoms with E-state index in [0.29, 0.717) is 23.8 Å². The standard InChI is InChI=1S/C26H20F3N3O4/c1-2-35-19-9-11-20(12-10-19)36-23-14-8-17(26(27,28)29)16-22(23)30-25(34)21-13-15-24(33)32(31-21)18-6-4-3-5-7-18/h3-16H,2H2,1H3,(H,30,34). The van der Waals surface area contributed by atoms with Crippen molar-refractivity contribution >= 4 is 11.6 Å². The molecule has 0 spiro atoms. The molecule has 36 heavy (non-hydrogen) atoms. The molecule has 0 aliphatic carbocycles. The van der Waals surface area contributed by atoms with E-state index < -0.39 is 23.2 Å². The van der Waals surface area contributed by atoms with Crippen LogP contribution in [-0.2, 0) is 6.18 Å². The molecule has 3 aromatic carbocycles. The summed E-state index contributed by atoms with van der Waals surface area (Å²) < 4.78 is 52.3. The van der Waals surface area contributed by atoms with E-state index in [0.717, 1.165) is 28.9 Å². The van der Waals surface area contributed by atoms with E-state index in [-0.39, 0.29) is 17.1 Å². The lowest BCUT2D eigenvalue weighted by Gasteiger charge is -2.15. The molecule has 0 saturated heterocycles. The van der Waals surface area contributed by atoms with E-state index in [2.05, 4.69) is 10.4 Å².